The van der Waals surface area contributed by atoms with Gasteiger partial charge in [0.25, 0.3) is 0 Å². The summed E-state index contributed by atoms with van der Waals surface area (Å²) in [5.74, 6) is -0.689. The summed E-state index contributed by atoms with van der Waals surface area (Å²) in [7, 11) is 0. The van der Waals surface area contributed by atoms with Crippen LogP contribution < -0.4 is 10.6 Å². The van der Waals surface area contributed by atoms with Crippen LogP contribution in [0.3, 0.4) is 0 Å². The molecule has 0 radical (unpaired) electrons. The topological polar surface area (TPSA) is 76.7 Å². The fourth-order valence-corrected chi connectivity index (χ4v) is 2.52. The molecular formula is C21H24N2O4S. The molecule has 2 rings (SSSR count). The molecule has 2 N–H and O–H groups in total. The highest BCUT2D eigenvalue weighted by Crippen LogP contribution is 2.14. The van der Waals surface area contributed by atoms with E-state index in [-0.39, 0.29) is 11.9 Å². The molecule has 0 unspecified atom stereocenters. The van der Waals surface area contributed by atoms with Gasteiger partial charge in [-0.25, -0.2) is 9.59 Å². The van der Waals surface area contributed by atoms with Gasteiger partial charge in [-0.3, -0.25) is 0 Å². The van der Waals surface area contributed by atoms with E-state index in [9.17, 15) is 9.59 Å². The summed E-state index contributed by atoms with van der Waals surface area (Å²) < 4.78 is 10.1. The number of benzene rings is 2. The number of hydrogen-bond donors (Lipinski definition) is 2. The largest absolute Gasteiger partial charge is 0.462 e. The van der Waals surface area contributed by atoms with Crippen molar-refractivity contribution in [2.45, 2.75) is 26.7 Å². The maximum Gasteiger partial charge on any atom is 0.338 e. The lowest BCUT2D eigenvalue weighted by atomic mass is 10.2. The van der Waals surface area contributed by atoms with Crippen molar-refractivity contribution in [1.82, 2.24) is 0 Å². The van der Waals surface area contributed by atoms with E-state index in [4.69, 9.17) is 21.7 Å². The predicted octanol–water partition coefficient (Wildman–Crippen LogP) is 4.63. The number of nitrogens with one attached hydrogen (secondary N) is 2. The van der Waals surface area contributed by atoms with Gasteiger partial charge in [0, 0.05) is 11.4 Å². The number of unbranched alkanes of at least 4 members (excludes halogenated alkanes) is 1. The Hall–Kier alpha value is -2.93. The molecule has 0 saturated carbocycles. The first-order valence-electron chi connectivity index (χ1n) is 9.15. The maximum atomic E-state index is 11.9. The van der Waals surface area contributed by atoms with Crippen molar-refractivity contribution in [2.24, 2.45) is 0 Å². The van der Waals surface area contributed by atoms with E-state index in [0.717, 1.165) is 24.2 Å². The Balaban J connectivity index is 1.87. The monoisotopic (exact) mass is 400 g/mol. The summed E-state index contributed by atoms with van der Waals surface area (Å²) in [5, 5.41) is 6.47. The van der Waals surface area contributed by atoms with Crippen LogP contribution in [0.4, 0.5) is 11.4 Å². The van der Waals surface area contributed by atoms with Gasteiger partial charge < -0.3 is 20.1 Å². The highest BCUT2D eigenvalue weighted by molar-refractivity contribution is 7.80. The Bertz CT molecular complexity index is 804. The quantitative estimate of drug-likeness (QED) is 0.380. The minimum absolute atomic E-state index is 0.331. The number of anilines is 2. The number of hydrogen-bond acceptors (Lipinski definition) is 5. The van der Waals surface area contributed by atoms with E-state index >= 15 is 0 Å². The zero-order valence-corrected chi connectivity index (χ0v) is 16.8. The number of ether oxygens (including phenoxy) is 2. The van der Waals surface area contributed by atoms with Crippen molar-refractivity contribution in [3.63, 3.8) is 0 Å². The number of rotatable bonds is 8. The average molecular weight is 401 g/mol. The number of thiocarbonyl (C=S) groups is 1. The summed E-state index contributed by atoms with van der Waals surface area (Å²) in [6.07, 6.45) is 1.83. The van der Waals surface area contributed by atoms with Crippen LogP contribution in [-0.4, -0.2) is 30.3 Å². The zero-order chi connectivity index (χ0) is 20.4. The summed E-state index contributed by atoms with van der Waals surface area (Å²) >= 11 is 5.29. The molecule has 0 aliphatic heterocycles. The van der Waals surface area contributed by atoms with Crippen molar-refractivity contribution in [1.29, 1.82) is 0 Å². The molecular weight excluding hydrogens is 376 g/mol. The van der Waals surface area contributed by atoms with E-state index in [2.05, 4.69) is 10.6 Å². The van der Waals surface area contributed by atoms with Gasteiger partial charge in [-0.05, 0) is 74.1 Å². The van der Waals surface area contributed by atoms with Crippen LogP contribution in [0.1, 0.15) is 47.4 Å². The zero-order valence-electron chi connectivity index (χ0n) is 16.0. The molecule has 0 atom stereocenters. The van der Waals surface area contributed by atoms with E-state index < -0.39 is 0 Å². The maximum absolute atomic E-state index is 11.9. The Morgan fingerprint density at radius 2 is 1.29 bits per heavy atom. The second-order valence-electron chi connectivity index (χ2n) is 5.94. The van der Waals surface area contributed by atoms with E-state index in [1.54, 1.807) is 55.5 Å². The smallest absolute Gasteiger partial charge is 0.338 e. The van der Waals surface area contributed by atoms with E-state index in [0.29, 0.717) is 29.5 Å². The third-order valence-electron chi connectivity index (χ3n) is 3.76. The van der Waals surface area contributed by atoms with Crippen LogP contribution in [0.5, 0.6) is 0 Å². The molecule has 0 aliphatic carbocycles. The van der Waals surface area contributed by atoms with Crippen LogP contribution in [-0.2, 0) is 9.47 Å². The van der Waals surface area contributed by atoms with Crippen molar-refractivity contribution < 1.29 is 19.1 Å². The highest BCUT2D eigenvalue weighted by atomic mass is 32.1. The van der Waals surface area contributed by atoms with Gasteiger partial charge in [0.2, 0.25) is 0 Å². The molecule has 0 amide bonds. The molecule has 0 spiro atoms. The molecule has 0 fully saturated rings. The summed E-state index contributed by atoms with van der Waals surface area (Å²) in [4.78, 5) is 23.6. The summed E-state index contributed by atoms with van der Waals surface area (Å²) in [6, 6.07) is 13.7. The molecule has 2 aromatic carbocycles. The summed E-state index contributed by atoms with van der Waals surface area (Å²) in [6.45, 7) is 4.57. The van der Waals surface area contributed by atoms with Crippen molar-refractivity contribution in [3.05, 3.63) is 59.7 Å². The Morgan fingerprint density at radius 3 is 1.71 bits per heavy atom. The van der Waals surface area contributed by atoms with Gasteiger partial charge >= 0.3 is 11.9 Å². The van der Waals surface area contributed by atoms with Gasteiger partial charge in [0.15, 0.2) is 5.11 Å². The van der Waals surface area contributed by atoms with Gasteiger partial charge in [-0.15, -0.1) is 0 Å². The highest BCUT2D eigenvalue weighted by Gasteiger charge is 2.08. The van der Waals surface area contributed by atoms with Crippen LogP contribution in [0.2, 0.25) is 0 Å². The minimum Gasteiger partial charge on any atom is -0.462 e. The normalized spacial score (nSPS) is 10.1. The fourth-order valence-electron chi connectivity index (χ4n) is 2.28. The molecule has 148 valence electrons. The molecule has 0 aromatic heterocycles. The second-order valence-corrected chi connectivity index (χ2v) is 6.35. The number of carbonyl (C=O) groups excluding carboxylic acids is 2. The van der Waals surface area contributed by atoms with Crippen molar-refractivity contribution in [3.8, 4) is 0 Å². The molecule has 2 aromatic rings. The van der Waals surface area contributed by atoms with Gasteiger partial charge in [0.1, 0.15) is 0 Å². The summed E-state index contributed by atoms with van der Waals surface area (Å²) in [5.41, 5.74) is 2.45. The minimum atomic E-state index is -0.358. The Labute approximate surface area is 170 Å². The average Bonchev–Trinajstić information content (AvgIpc) is 2.69. The second kappa shape index (κ2) is 11.0. The first kappa shape index (κ1) is 21.4. The van der Waals surface area contributed by atoms with Crippen LogP contribution in [0.15, 0.2) is 48.5 Å². The number of carbonyl (C=O) groups is 2. The molecule has 0 heterocycles. The lowest BCUT2D eigenvalue weighted by molar-refractivity contribution is 0.0497. The van der Waals surface area contributed by atoms with Crippen LogP contribution in [0.25, 0.3) is 0 Å². The lowest BCUT2D eigenvalue weighted by Gasteiger charge is -2.11. The third-order valence-corrected chi connectivity index (χ3v) is 3.97. The van der Waals surface area contributed by atoms with E-state index in [1.165, 1.54) is 0 Å². The van der Waals surface area contributed by atoms with Gasteiger partial charge in [-0.1, -0.05) is 13.3 Å². The molecule has 7 heteroatoms. The molecule has 0 bridgehead atoms. The first-order chi connectivity index (χ1) is 13.5. The van der Waals surface area contributed by atoms with Crippen molar-refractivity contribution in [2.75, 3.05) is 23.8 Å². The first-order valence-corrected chi connectivity index (χ1v) is 9.56. The molecule has 28 heavy (non-hydrogen) atoms. The fraction of sp³-hybridized carbons (Fsp3) is 0.286. The molecule has 0 aliphatic rings. The van der Waals surface area contributed by atoms with Crippen molar-refractivity contribution >= 4 is 40.6 Å². The Morgan fingerprint density at radius 1 is 0.821 bits per heavy atom. The lowest BCUT2D eigenvalue weighted by Crippen LogP contribution is -2.19. The molecule has 0 saturated heterocycles. The predicted molar refractivity (Wildman–Crippen MR) is 114 cm³/mol. The molecule has 6 nitrogen and oxygen atoms in total. The van der Waals surface area contributed by atoms with Gasteiger partial charge in [0.05, 0.1) is 24.3 Å². The third kappa shape index (κ3) is 6.66. The Kier molecular flexibility index (Phi) is 8.42. The number of esters is 2. The SMILES string of the molecule is CCCCOC(=O)c1ccc(NC(=S)Nc2ccc(C(=O)OCC)cc2)cc1. The van der Waals surface area contributed by atoms with Crippen LogP contribution >= 0.6 is 12.2 Å². The van der Waals surface area contributed by atoms with Crippen LogP contribution in [0, 0.1) is 0 Å². The van der Waals surface area contributed by atoms with Gasteiger partial charge in [-0.2, -0.15) is 0 Å². The van der Waals surface area contributed by atoms with E-state index in [1.807, 2.05) is 6.92 Å². The standard InChI is InChI=1S/C21H24N2O4S/c1-3-5-14-27-20(25)16-8-12-18(13-9-16)23-21(28)22-17-10-6-15(7-11-17)19(24)26-4-2/h6-13H,3-5,14H2,1-2H3,(H2,22,23,28).